The van der Waals surface area contributed by atoms with Crippen molar-refractivity contribution in [3.63, 3.8) is 0 Å². The van der Waals surface area contributed by atoms with E-state index in [4.69, 9.17) is 21.1 Å². The van der Waals surface area contributed by atoms with Crippen molar-refractivity contribution < 1.29 is 9.47 Å². The average Bonchev–Trinajstić information content (AvgIpc) is 2.52. The molecule has 0 fully saturated rings. The number of ether oxygens (including phenoxy) is 2. The van der Waals surface area contributed by atoms with Crippen LogP contribution in [-0.2, 0) is 11.3 Å². The Morgan fingerprint density at radius 2 is 1.59 bits per heavy atom. The molecule has 3 heteroatoms. The Bertz CT molecular complexity index is 561. The quantitative estimate of drug-likeness (QED) is 0.647. The molecule has 2 nitrogen and oxygen atoms in total. The van der Waals surface area contributed by atoms with E-state index in [2.05, 4.69) is 31.2 Å². The molecule has 22 heavy (non-hydrogen) atoms. The Morgan fingerprint density at radius 3 is 2.18 bits per heavy atom. The van der Waals surface area contributed by atoms with E-state index < -0.39 is 0 Å². The summed E-state index contributed by atoms with van der Waals surface area (Å²) in [6.07, 6.45) is 0.0346. The zero-order chi connectivity index (χ0) is 15.9. The molecule has 2 unspecified atom stereocenters. The van der Waals surface area contributed by atoms with E-state index in [-0.39, 0.29) is 11.5 Å². The van der Waals surface area contributed by atoms with E-state index in [0.29, 0.717) is 13.2 Å². The van der Waals surface area contributed by atoms with Crippen LogP contribution in [0, 0.1) is 6.92 Å². The third-order valence-electron chi connectivity index (χ3n) is 3.45. The summed E-state index contributed by atoms with van der Waals surface area (Å²) >= 11 is 5.90. The highest BCUT2D eigenvalue weighted by Gasteiger charge is 2.07. The summed E-state index contributed by atoms with van der Waals surface area (Å²) in [7, 11) is 0. The first kappa shape index (κ1) is 16.9. The molecule has 0 heterocycles. The highest BCUT2D eigenvalue weighted by atomic mass is 35.5. The lowest BCUT2D eigenvalue weighted by Gasteiger charge is -2.15. The summed E-state index contributed by atoms with van der Waals surface area (Å²) in [5.74, 6) is 0.863. The Labute approximate surface area is 138 Å². The molecule has 2 atom stereocenters. The first-order valence-electron chi connectivity index (χ1n) is 7.58. The summed E-state index contributed by atoms with van der Waals surface area (Å²) in [4.78, 5) is 0. The van der Waals surface area contributed by atoms with Crippen LogP contribution in [0.5, 0.6) is 5.75 Å². The zero-order valence-corrected chi connectivity index (χ0v) is 14.1. The van der Waals surface area contributed by atoms with Gasteiger partial charge in [0.1, 0.15) is 12.4 Å². The predicted octanol–water partition coefficient (Wildman–Crippen LogP) is 5.28. The molecular weight excluding hydrogens is 296 g/mol. The van der Waals surface area contributed by atoms with Gasteiger partial charge in [-0.25, -0.2) is 0 Å². The van der Waals surface area contributed by atoms with Gasteiger partial charge in [0, 0.05) is 0 Å². The second-order valence-electron chi connectivity index (χ2n) is 5.60. The minimum absolute atomic E-state index is 0.0274. The Balaban J connectivity index is 1.87. The number of rotatable bonds is 7. The summed E-state index contributed by atoms with van der Waals surface area (Å²) in [6, 6.07) is 16.4. The number of alkyl halides is 1. The minimum atomic E-state index is 0.0274. The first-order valence-corrected chi connectivity index (χ1v) is 8.02. The van der Waals surface area contributed by atoms with E-state index in [9.17, 15) is 0 Å². The number of aryl methyl sites for hydroxylation is 1. The number of benzene rings is 2. The first-order chi connectivity index (χ1) is 10.5. The fraction of sp³-hybridized carbons (Fsp3) is 0.368. The van der Waals surface area contributed by atoms with Crippen LogP contribution in [0.3, 0.4) is 0 Å². The maximum Gasteiger partial charge on any atom is 0.119 e. The van der Waals surface area contributed by atoms with E-state index >= 15 is 0 Å². The van der Waals surface area contributed by atoms with Crippen molar-refractivity contribution in [3.8, 4) is 5.75 Å². The average molecular weight is 319 g/mol. The van der Waals surface area contributed by atoms with Crippen LogP contribution in [0.2, 0.25) is 0 Å². The molecule has 118 valence electrons. The van der Waals surface area contributed by atoms with Crippen molar-refractivity contribution in [2.75, 3.05) is 6.61 Å². The van der Waals surface area contributed by atoms with Gasteiger partial charge in [-0.15, -0.1) is 11.6 Å². The predicted molar refractivity (Wildman–Crippen MR) is 91.6 cm³/mol. The molecular formula is C19H23ClO2. The lowest BCUT2D eigenvalue weighted by Crippen LogP contribution is -2.08. The van der Waals surface area contributed by atoms with Gasteiger partial charge in [0.2, 0.25) is 0 Å². The van der Waals surface area contributed by atoms with Crippen LogP contribution >= 0.6 is 11.6 Å². The van der Waals surface area contributed by atoms with Crippen molar-refractivity contribution in [3.05, 3.63) is 65.2 Å². The van der Waals surface area contributed by atoms with E-state index in [1.54, 1.807) is 0 Å². The van der Waals surface area contributed by atoms with E-state index in [0.717, 1.165) is 11.3 Å². The van der Waals surface area contributed by atoms with Crippen molar-refractivity contribution >= 4 is 11.6 Å². The molecule has 2 rings (SSSR count). The fourth-order valence-corrected chi connectivity index (χ4v) is 2.13. The van der Waals surface area contributed by atoms with E-state index in [1.165, 1.54) is 11.1 Å². The highest BCUT2D eigenvalue weighted by molar-refractivity contribution is 6.20. The molecule has 0 aliphatic rings. The van der Waals surface area contributed by atoms with Crippen molar-refractivity contribution in [1.29, 1.82) is 0 Å². The molecule has 0 radical (unpaired) electrons. The molecule has 2 aromatic carbocycles. The monoisotopic (exact) mass is 318 g/mol. The van der Waals surface area contributed by atoms with Gasteiger partial charge in [0.25, 0.3) is 0 Å². The number of hydrogen-bond acceptors (Lipinski definition) is 2. The van der Waals surface area contributed by atoms with Gasteiger partial charge in [-0.2, -0.15) is 0 Å². The van der Waals surface area contributed by atoms with Crippen molar-refractivity contribution in [2.24, 2.45) is 0 Å². The number of halogens is 1. The molecule has 0 amide bonds. The van der Waals surface area contributed by atoms with Crippen LogP contribution < -0.4 is 4.74 Å². The Kier molecular flexibility index (Phi) is 6.29. The van der Waals surface area contributed by atoms with Gasteiger partial charge < -0.3 is 9.47 Å². The largest absolute Gasteiger partial charge is 0.489 e. The summed E-state index contributed by atoms with van der Waals surface area (Å²) < 4.78 is 11.5. The van der Waals surface area contributed by atoms with Gasteiger partial charge in [-0.3, -0.25) is 0 Å². The molecule has 0 saturated heterocycles. The SMILES string of the molecule is Cc1ccc(COc2ccc(C(C)OCC(C)Cl)cc2)cc1. The minimum Gasteiger partial charge on any atom is -0.489 e. The maximum atomic E-state index is 5.90. The molecule has 0 bridgehead atoms. The van der Waals surface area contributed by atoms with Crippen LogP contribution in [0.4, 0.5) is 0 Å². The Hall–Kier alpha value is -1.51. The molecule has 0 aromatic heterocycles. The third kappa shape index (κ3) is 5.36. The molecule has 0 spiro atoms. The zero-order valence-electron chi connectivity index (χ0n) is 13.4. The maximum absolute atomic E-state index is 5.90. The third-order valence-corrected chi connectivity index (χ3v) is 3.58. The lowest BCUT2D eigenvalue weighted by atomic mass is 10.1. The highest BCUT2D eigenvalue weighted by Crippen LogP contribution is 2.21. The van der Waals surface area contributed by atoms with Crippen LogP contribution in [0.15, 0.2) is 48.5 Å². The number of hydrogen-bond donors (Lipinski definition) is 0. The van der Waals surface area contributed by atoms with Crippen LogP contribution in [0.25, 0.3) is 0 Å². The molecule has 2 aromatic rings. The van der Waals surface area contributed by atoms with E-state index in [1.807, 2.05) is 38.1 Å². The van der Waals surface area contributed by atoms with Crippen molar-refractivity contribution in [1.82, 2.24) is 0 Å². The summed E-state index contributed by atoms with van der Waals surface area (Å²) in [6.45, 7) is 7.17. The van der Waals surface area contributed by atoms with Crippen LogP contribution in [-0.4, -0.2) is 12.0 Å². The Morgan fingerprint density at radius 1 is 0.955 bits per heavy atom. The van der Waals surface area contributed by atoms with Gasteiger partial charge >= 0.3 is 0 Å². The van der Waals surface area contributed by atoms with Crippen LogP contribution in [0.1, 0.15) is 36.6 Å². The van der Waals surface area contributed by atoms with Gasteiger partial charge in [-0.05, 0) is 44.0 Å². The second kappa shape index (κ2) is 8.21. The van der Waals surface area contributed by atoms with Gasteiger partial charge in [-0.1, -0.05) is 42.0 Å². The smallest absolute Gasteiger partial charge is 0.119 e. The topological polar surface area (TPSA) is 18.5 Å². The summed E-state index contributed by atoms with van der Waals surface area (Å²) in [5.41, 5.74) is 3.55. The normalized spacial score (nSPS) is 13.6. The standard InChI is InChI=1S/C19H23ClO2/c1-14-4-6-17(7-5-14)13-22-19-10-8-18(9-11-19)16(3)21-12-15(2)20/h4-11,15-16H,12-13H2,1-3H3. The van der Waals surface area contributed by atoms with Crippen molar-refractivity contribution in [2.45, 2.75) is 38.9 Å². The lowest BCUT2D eigenvalue weighted by molar-refractivity contribution is 0.0678. The van der Waals surface area contributed by atoms with Gasteiger partial charge in [0.15, 0.2) is 0 Å². The molecule has 0 saturated carbocycles. The summed E-state index contributed by atoms with van der Waals surface area (Å²) in [5, 5.41) is 0.0274. The molecule has 0 aliphatic heterocycles. The fourth-order valence-electron chi connectivity index (χ4n) is 2.06. The second-order valence-corrected chi connectivity index (χ2v) is 6.34. The molecule has 0 N–H and O–H groups in total. The van der Waals surface area contributed by atoms with Gasteiger partial charge in [0.05, 0.1) is 18.1 Å². The molecule has 0 aliphatic carbocycles.